The first-order chi connectivity index (χ1) is 10.6. The second-order valence-corrected chi connectivity index (χ2v) is 6.12. The highest BCUT2D eigenvalue weighted by atomic mass is 35.5. The van der Waals surface area contributed by atoms with Crippen LogP contribution in [0.3, 0.4) is 0 Å². The Balaban J connectivity index is 1.85. The number of nitrogens with zero attached hydrogens (tertiary/aromatic N) is 1. The molecular formula is C18H20ClN2O+. The minimum Gasteiger partial charge on any atom is -0.463 e. The number of quaternary nitrogens is 1. The zero-order chi connectivity index (χ0) is 15.7. The molecule has 0 radical (unpaired) electrons. The smallest absolute Gasteiger partial charge is 0.160 e. The first-order valence-corrected chi connectivity index (χ1v) is 7.86. The summed E-state index contributed by atoms with van der Waals surface area (Å²) in [5.41, 5.74) is 4.48. The van der Waals surface area contributed by atoms with Crippen LogP contribution in [-0.4, -0.2) is 4.98 Å². The Hall–Kier alpha value is -1.84. The van der Waals surface area contributed by atoms with E-state index in [0.717, 1.165) is 28.8 Å². The van der Waals surface area contributed by atoms with Crippen molar-refractivity contribution < 1.29 is 9.73 Å². The van der Waals surface area contributed by atoms with Crippen LogP contribution < -0.4 is 5.32 Å². The topological polar surface area (TPSA) is 42.6 Å². The second kappa shape index (κ2) is 6.11. The Morgan fingerprint density at radius 2 is 2.09 bits per heavy atom. The summed E-state index contributed by atoms with van der Waals surface area (Å²) in [6.45, 7) is 7.08. The van der Waals surface area contributed by atoms with E-state index in [1.807, 2.05) is 12.1 Å². The van der Waals surface area contributed by atoms with E-state index in [2.05, 4.69) is 49.3 Å². The standard InChI is InChI=1S/C18H19ClN2O/c1-11-6-7-14-9-15(18(19)21-17(14)12(11)2)10-20-13(3)16-5-4-8-22-16/h4-9,13,20H,10H2,1-3H3/p+1/t13-/m1/s1. The fourth-order valence-electron chi connectivity index (χ4n) is 2.62. The molecule has 3 aromatic rings. The molecule has 1 atom stereocenters. The molecule has 0 bridgehead atoms. The number of aromatic nitrogens is 1. The van der Waals surface area contributed by atoms with Crippen molar-refractivity contribution in [3.8, 4) is 0 Å². The van der Waals surface area contributed by atoms with Gasteiger partial charge in [0.25, 0.3) is 0 Å². The molecule has 0 spiro atoms. The van der Waals surface area contributed by atoms with Gasteiger partial charge in [-0.2, -0.15) is 0 Å². The maximum absolute atomic E-state index is 6.38. The van der Waals surface area contributed by atoms with E-state index < -0.39 is 0 Å². The van der Waals surface area contributed by atoms with Crippen molar-refractivity contribution in [2.24, 2.45) is 0 Å². The van der Waals surface area contributed by atoms with Gasteiger partial charge in [0, 0.05) is 10.9 Å². The lowest BCUT2D eigenvalue weighted by molar-refractivity contribution is -0.709. The molecule has 0 aliphatic rings. The van der Waals surface area contributed by atoms with E-state index in [4.69, 9.17) is 16.0 Å². The van der Waals surface area contributed by atoms with E-state index >= 15 is 0 Å². The van der Waals surface area contributed by atoms with E-state index in [9.17, 15) is 0 Å². The quantitative estimate of drug-likeness (QED) is 0.741. The average Bonchev–Trinajstić information content (AvgIpc) is 3.04. The van der Waals surface area contributed by atoms with E-state index in [0.29, 0.717) is 5.15 Å². The highest BCUT2D eigenvalue weighted by molar-refractivity contribution is 6.30. The van der Waals surface area contributed by atoms with Crippen LogP contribution in [0.4, 0.5) is 0 Å². The number of fused-ring (bicyclic) bond motifs is 1. The first kappa shape index (κ1) is 15.1. The molecule has 0 fully saturated rings. The van der Waals surface area contributed by atoms with Crippen molar-refractivity contribution in [2.75, 3.05) is 0 Å². The number of rotatable bonds is 4. The van der Waals surface area contributed by atoms with Crippen LogP contribution in [0.25, 0.3) is 10.9 Å². The summed E-state index contributed by atoms with van der Waals surface area (Å²) >= 11 is 6.38. The third kappa shape index (κ3) is 2.87. The molecule has 4 heteroatoms. The summed E-state index contributed by atoms with van der Waals surface area (Å²) in [4.78, 5) is 4.60. The third-order valence-corrected chi connectivity index (χ3v) is 4.55. The van der Waals surface area contributed by atoms with Crippen LogP contribution in [0.15, 0.2) is 41.0 Å². The molecule has 114 valence electrons. The van der Waals surface area contributed by atoms with Crippen molar-refractivity contribution in [3.05, 3.63) is 64.2 Å². The molecule has 1 aromatic carbocycles. The highest BCUT2D eigenvalue weighted by Crippen LogP contribution is 2.24. The van der Waals surface area contributed by atoms with Gasteiger partial charge in [-0.3, -0.25) is 0 Å². The molecule has 2 heterocycles. The maximum atomic E-state index is 6.38. The van der Waals surface area contributed by atoms with Crippen molar-refractivity contribution in [1.82, 2.24) is 4.98 Å². The molecule has 2 aromatic heterocycles. The van der Waals surface area contributed by atoms with E-state index in [1.165, 1.54) is 11.1 Å². The van der Waals surface area contributed by atoms with Crippen LogP contribution in [0, 0.1) is 13.8 Å². The Bertz CT molecular complexity index is 796. The van der Waals surface area contributed by atoms with Gasteiger partial charge in [-0.05, 0) is 50.1 Å². The second-order valence-electron chi connectivity index (χ2n) is 5.76. The van der Waals surface area contributed by atoms with Crippen molar-refractivity contribution >= 4 is 22.5 Å². The van der Waals surface area contributed by atoms with Crippen LogP contribution in [0.1, 0.15) is 35.4 Å². The van der Waals surface area contributed by atoms with Gasteiger partial charge < -0.3 is 9.73 Å². The molecule has 0 saturated heterocycles. The Morgan fingerprint density at radius 3 is 2.82 bits per heavy atom. The average molecular weight is 316 g/mol. The minimum atomic E-state index is 0.251. The van der Waals surface area contributed by atoms with Crippen LogP contribution >= 0.6 is 11.6 Å². The van der Waals surface area contributed by atoms with Gasteiger partial charge in [-0.1, -0.05) is 23.7 Å². The maximum Gasteiger partial charge on any atom is 0.160 e. The van der Waals surface area contributed by atoms with Crippen molar-refractivity contribution in [1.29, 1.82) is 0 Å². The number of halogens is 1. The number of nitrogens with two attached hydrogens (primary N) is 1. The van der Waals surface area contributed by atoms with Gasteiger partial charge in [0.1, 0.15) is 17.7 Å². The molecule has 0 unspecified atom stereocenters. The summed E-state index contributed by atoms with van der Waals surface area (Å²) in [6, 6.07) is 10.5. The molecule has 22 heavy (non-hydrogen) atoms. The zero-order valence-electron chi connectivity index (χ0n) is 13.1. The summed E-state index contributed by atoms with van der Waals surface area (Å²) in [6.07, 6.45) is 1.70. The Labute approximate surface area is 135 Å². The van der Waals surface area contributed by atoms with Gasteiger partial charge in [0.2, 0.25) is 0 Å². The molecule has 2 N–H and O–H groups in total. The van der Waals surface area contributed by atoms with Crippen LogP contribution in [0.2, 0.25) is 5.15 Å². The van der Waals surface area contributed by atoms with Crippen molar-refractivity contribution in [3.63, 3.8) is 0 Å². The normalized spacial score (nSPS) is 12.7. The monoisotopic (exact) mass is 315 g/mol. The number of furan rings is 1. The molecule has 0 aliphatic carbocycles. The number of hydrogen-bond donors (Lipinski definition) is 1. The number of pyridine rings is 1. The minimum absolute atomic E-state index is 0.251. The Morgan fingerprint density at radius 1 is 1.27 bits per heavy atom. The summed E-state index contributed by atoms with van der Waals surface area (Å²) in [5, 5.41) is 3.93. The number of hydrogen-bond acceptors (Lipinski definition) is 2. The predicted octanol–water partition coefficient (Wildman–Crippen LogP) is 3.92. The lowest BCUT2D eigenvalue weighted by atomic mass is 10.0. The first-order valence-electron chi connectivity index (χ1n) is 7.48. The van der Waals surface area contributed by atoms with Gasteiger partial charge >= 0.3 is 0 Å². The molecule has 3 nitrogen and oxygen atoms in total. The highest BCUT2D eigenvalue weighted by Gasteiger charge is 2.14. The fraction of sp³-hybridized carbons (Fsp3) is 0.278. The predicted molar refractivity (Wildman–Crippen MR) is 89.0 cm³/mol. The Kier molecular flexibility index (Phi) is 4.19. The largest absolute Gasteiger partial charge is 0.463 e. The zero-order valence-corrected chi connectivity index (χ0v) is 13.8. The number of aryl methyl sites for hydroxylation is 2. The lowest BCUT2D eigenvalue weighted by Gasteiger charge is -2.11. The van der Waals surface area contributed by atoms with E-state index in [-0.39, 0.29) is 6.04 Å². The fourth-order valence-corrected chi connectivity index (χ4v) is 2.83. The molecule has 0 saturated carbocycles. The molecule has 0 aliphatic heterocycles. The molecule has 3 rings (SSSR count). The number of benzene rings is 1. The summed E-state index contributed by atoms with van der Waals surface area (Å²) in [7, 11) is 0. The molecular weight excluding hydrogens is 296 g/mol. The summed E-state index contributed by atoms with van der Waals surface area (Å²) < 4.78 is 5.43. The van der Waals surface area contributed by atoms with Gasteiger partial charge in [0.15, 0.2) is 5.76 Å². The SMILES string of the molecule is Cc1ccc2cc(C[NH2+][C@H](C)c3ccco3)c(Cl)nc2c1C. The third-order valence-electron chi connectivity index (χ3n) is 4.22. The van der Waals surface area contributed by atoms with Gasteiger partial charge in [-0.15, -0.1) is 0 Å². The van der Waals surface area contributed by atoms with Crippen LogP contribution in [0.5, 0.6) is 0 Å². The lowest BCUT2D eigenvalue weighted by Crippen LogP contribution is -2.83. The van der Waals surface area contributed by atoms with E-state index in [1.54, 1.807) is 6.26 Å². The van der Waals surface area contributed by atoms with Crippen molar-refractivity contribution in [2.45, 2.75) is 33.4 Å². The van der Waals surface area contributed by atoms with Gasteiger partial charge in [-0.25, -0.2) is 4.98 Å². The van der Waals surface area contributed by atoms with Crippen LogP contribution in [-0.2, 0) is 6.54 Å². The van der Waals surface area contributed by atoms with Gasteiger partial charge in [0.05, 0.1) is 11.8 Å². The molecule has 0 amide bonds. The summed E-state index contributed by atoms with van der Waals surface area (Å²) in [5.74, 6) is 0.969.